The summed E-state index contributed by atoms with van der Waals surface area (Å²) < 4.78 is 0. The number of likely N-dealkylation sites (tertiary alicyclic amines) is 2. The molecule has 2 saturated heterocycles. The lowest BCUT2D eigenvalue weighted by atomic mass is 10.0. The molecule has 3 nitrogen and oxygen atoms in total. The van der Waals surface area contributed by atoms with Crippen LogP contribution in [0.1, 0.15) is 58.1 Å². The van der Waals surface area contributed by atoms with E-state index in [4.69, 9.17) is 12.2 Å². The van der Waals surface area contributed by atoms with Gasteiger partial charge in [-0.25, -0.2) is 0 Å². The highest BCUT2D eigenvalue weighted by Gasteiger charge is 2.35. The van der Waals surface area contributed by atoms with Crippen LogP contribution in [-0.2, 0) is 0 Å². The zero-order valence-electron chi connectivity index (χ0n) is 15.2. The second-order valence-corrected chi connectivity index (χ2v) is 7.93. The Labute approximate surface area is 152 Å². The van der Waals surface area contributed by atoms with Crippen molar-refractivity contribution in [1.82, 2.24) is 15.1 Å². The minimum absolute atomic E-state index is 0.253. The molecule has 0 unspecified atom stereocenters. The van der Waals surface area contributed by atoms with Gasteiger partial charge in [0.15, 0.2) is 5.11 Å². The molecule has 0 aliphatic carbocycles. The fourth-order valence-corrected chi connectivity index (χ4v) is 4.76. The van der Waals surface area contributed by atoms with Crippen molar-refractivity contribution in [2.45, 2.75) is 70.6 Å². The third kappa shape index (κ3) is 3.92. The summed E-state index contributed by atoms with van der Waals surface area (Å²) >= 11 is 5.73. The van der Waals surface area contributed by atoms with E-state index in [0.717, 1.165) is 30.3 Å². The van der Waals surface area contributed by atoms with Gasteiger partial charge in [0.2, 0.25) is 0 Å². The van der Waals surface area contributed by atoms with Crippen molar-refractivity contribution in [3.05, 3.63) is 35.9 Å². The topological polar surface area (TPSA) is 18.5 Å². The first-order valence-electron chi connectivity index (χ1n) is 9.44. The van der Waals surface area contributed by atoms with Crippen molar-refractivity contribution in [2.75, 3.05) is 13.1 Å². The molecule has 4 heteroatoms. The molecule has 2 fully saturated rings. The zero-order valence-corrected chi connectivity index (χ0v) is 16.1. The normalized spacial score (nSPS) is 29.5. The molecule has 0 bridgehead atoms. The number of benzene rings is 1. The molecule has 132 valence electrons. The largest absolute Gasteiger partial charge is 0.356 e. The minimum Gasteiger partial charge on any atom is -0.356 e. The van der Waals surface area contributed by atoms with Crippen LogP contribution in [0.15, 0.2) is 30.3 Å². The number of hydrogen-bond acceptors (Lipinski definition) is 2. The predicted molar refractivity (Wildman–Crippen MR) is 105 cm³/mol. The van der Waals surface area contributed by atoms with Crippen LogP contribution >= 0.6 is 12.2 Å². The van der Waals surface area contributed by atoms with Crippen LogP contribution in [0.2, 0.25) is 0 Å². The van der Waals surface area contributed by atoms with E-state index in [1.807, 2.05) is 0 Å². The zero-order chi connectivity index (χ0) is 17.1. The lowest BCUT2D eigenvalue weighted by Crippen LogP contribution is -2.54. The Bertz CT molecular complexity index is 537. The highest BCUT2D eigenvalue weighted by atomic mass is 32.1. The summed E-state index contributed by atoms with van der Waals surface area (Å²) in [4.78, 5) is 5.14. The fraction of sp³-hybridized carbons (Fsp3) is 0.650. The number of nitrogens with one attached hydrogen (secondary N) is 1. The quantitative estimate of drug-likeness (QED) is 0.836. The number of rotatable bonds is 3. The van der Waals surface area contributed by atoms with E-state index >= 15 is 0 Å². The van der Waals surface area contributed by atoms with Gasteiger partial charge >= 0.3 is 0 Å². The Hall–Kier alpha value is -1.13. The van der Waals surface area contributed by atoms with Gasteiger partial charge in [-0.2, -0.15) is 0 Å². The van der Waals surface area contributed by atoms with Gasteiger partial charge in [-0.3, -0.25) is 4.90 Å². The van der Waals surface area contributed by atoms with E-state index in [1.54, 1.807) is 0 Å². The van der Waals surface area contributed by atoms with Crippen LogP contribution in [0.4, 0.5) is 0 Å². The molecular weight excluding hydrogens is 314 g/mol. The summed E-state index contributed by atoms with van der Waals surface area (Å²) in [5.41, 5.74) is 1.29. The molecule has 0 amide bonds. The Morgan fingerprint density at radius 3 is 2.46 bits per heavy atom. The Balaban J connectivity index is 1.59. The minimum atomic E-state index is 0.253. The van der Waals surface area contributed by atoms with Gasteiger partial charge in [0.25, 0.3) is 0 Å². The standard InChI is InChI=1S/C20H31N3S/c1-15-11-12-16(2)23(15)19-10-7-13-22(14-19)20(24)21-17(3)18-8-5-4-6-9-18/h4-6,8-9,15-17,19H,7,10-14H2,1-3H3,(H,21,24)/t15-,16-,17+,19+/m1/s1. The smallest absolute Gasteiger partial charge is 0.169 e. The molecule has 2 heterocycles. The molecule has 1 aromatic rings. The summed E-state index contributed by atoms with van der Waals surface area (Å²) in [6, 6.07) is 12.9. The monoisotopic (exact) mass is 345 g/mol. The molecule has 3 rings (SSSR count). The van der Waals surface area contributed by atoms with Gasteiger partial charge < -0.3 is 10.2 Å². The van der Waals surface area contributed by atoms with Gasteiger partial charge in [0, 0.05) is 31.2 Å². The van der Waals surface area contributed by atoms with Crippen molar-refractivity contribution < 1.29 is 0 Å². The molecular formula is C20H31N3S. The number of piperidine rings is 1. The Kier molecular flexibility index (Phi) is 5.77. The summed E-state index contributed by atoms with van der Waals surface area (Å²) in [6.07, 6.45) is 5.22. The number of hydrogen-bond donors (Lipinski definition) is 1. The van der Waals surface area contributed by atoms with Crippen LogP contribution in [-0.4, -0.2) is 46.1 Å². The first-order valence-corrected chi connectivity index (χ1v) is 9.85. The molecule has 24 heavy (non-hydrogen) atoms. The van der Waals surface area contributed by atoms with Gasteiger partial charge in [0.05, 0.1) is 6.04 Å². The van der Waals surface area contributed by atoms with Gasteiger partial charge in [-0.1, -0.05) is 30.3 Å². The SMILES string of the molecule is C[C@H](NC(=S)N1CCC[C@H](N2[C@H](C)CC[C@H]2C)C1)c1ccccc1. The van der Waals surface area contributed by atoms with E-state index in [9.17, 15) is 0 Å². The van der Waals surface area contributed by atoms with E-state index in [0.29, 0.717) is 6.04 Å². The van der Waals surface area contributed by atoms with Crippen molar-refractivity contribution >= 4 is 17.3 Å². The average molecular weight is 346 g/mol. The van der Waals surface area contributed by atoms with Crippen LogP contribution in [0.3, 0.4) is 0 Å². The first-order chi connectivity index (χ1) is 11.6. The fourth-order valence-electron chi connectivity index (χ4n) is 4.42. The van der Waals surface area contributed by atoms with Crippen LogP contribution < -0.4 is 5.32 Å². The molecule has 4 atom stereocenters. The lowest BCUT2D eigenvalue weighted by molar-refractivity contribution is 0.0939. The van der Waals surface area contributed by atoms with E-state index < -0.39 is 0 Å². The molecule has 2 aliphatic heterocycles. The maximum Gasteiger partial charge on any atom is 0.169 e. The highest BCUT2D eigenvalue weighted by molar-refractivity contribution is 7.80. The van der Waals surface area contributed by atoms with Crippen LogP contribution in [0.5, 0.6) is 0 Å². The van der Waals surface area contributed by atoms with Crippen molar-refractivity contribution in [2.24, 2.45) is 0 Å². The molecule has 0 aromatic heterocycles. The average Bonchev–Trinajstić information content (AvgIpc) is 2.94. The lowest BCUT2D eigenvalue weighted by Gasteiger charge is -2.42. The van der Waals surface area contributed by atoms with Crippen molar-refractivity contribution in [3.8, 4) is 0 Å². The Morgan fingerprint density at radius 2 is 1.79 bits per heavy atom. The first kappa shape index (κ1) is 17.7. The van der Waals surface area contributed by atoms with E-state index in [-0.39, 0.29) is 6.04 Å². The number of nitrogens with zero attached hydrogens (tertiary/aromatic N) is 2. The predicted octanol–water partition coefficient (Wildman–Crippen LogP) is 3.96. The molecule has 0 radical (unpaired) electrons. The number of thiocarbonyl (C=S) groups is 1. The Morgan fingerprint density at radius 1 is 1.12 bits per heavy atom. The van der Waals surface area contributed by atoms with Gasteiger partial charge in [-0.05, 0) is 64.2 Å². The van der Waals surface area contributed by atoms with E-state index in [1.165, 1.54) is 31.2 Å². The van der Waals surface area contributed by atoms with Gasteiger partial charge in [0.1, 0.15) is 0 Å². The second-order valence-electron chi connectivity index (χ2n) is 7.55. The van der Waals surface area contributed by atoms with Crippen LogP contribution in [0.25, 0.3) is 0 Å². The third-order valence-electron chi connectivity index (χ3n) is 5.77. The maximum absolute atomic E-state index is 5.73. The molecule has 2 aliphatic rings. The van der Waals surface area contributed by atoms with E-state index in [2.05, 4.69) is 66.2 Å². The van der Waals surface area contributed by atoms with Crippen LogP contribution in [0, 0.1) is 0 Å². The summed E-state index contributed by atoms with van der Waals surface area (Å²) in [6.45, 7) is 9.11. The van der Waals surface area contributed by atoms with Gasteiger partial charge in [-0.15, -0.1) is 0 Å². The summed E-state index contributed by atoms with van der Waals surface area (Å²) in [7, 11) is 0. The summed E-state index contributed by atoms with van der Waals surface area (Å²) in [5.74, 6) is 0. The summed E-state index contributed by atoms with van der Waals surface area (Å²) in [5, 5.41) is 4.45. The highest BCUT2D eigenvalue weighted by Crippen LogP contribution is 2.29. The molecule has 0 spiro atoms. The molecule has 1 N–H and O–H groups in total. The maximum atomic E-state index is 5.73. The molecule has 1 aromatic carbocycles. The third-order valence-corrected chi connectivity index (χ3v) is 6.14. The van der Waals surface area contributed by atoms with Crippen molar-refractivity contribution in [1.29, 1.82) is 0 Å². The molecule has 0 saturated carbocycles. The second kappa shape index (κ2) is 7.83. The van der Waals surface area contributed by atoms with Crippen molar-refractivity contribution in [3.63, 3.8) is 0 Å².